The van der Waals surface area contributed by atoms with Crippen molar-refractivity contribution >= 4 is 5.97 Å². The lowest BCUT2D eigenvalue weighted by Gasteiger charge is -2.08. The van der Waals surface area contributed by atoms with Gasteiger partial charge >= 0.3 is 5.97 Å². The average molecular weight is 317 g/mol. The van der Waals surface area contributed by atoms with Crippen LogP contribution in [0.3, 0.4) is 0 Å². The second-order valence-electron chi connectivity index (χ2n) is 6.26. The lowest BCUT2D eigenvalue weighted by atomic mass is 10.0. The Labute approximate surface area is 138 Å². The minimum absolute atomic E-state index is 0. The van der Waals surface area contributed by atoms with E-state index in [-0.39, 0.29) is 13.8 Å². The third-order valence-corrected chi connectivity index (χ3v) is 4.08. The van der Waals surface area contributed by atoms with E-state index in [0.29, 0.717) is 6.42 Å². The topological polar surface area (TPSA) is 57.5 Å². The first-order chi connectivity index (χ1) is 10.2. The Morgan fingerprint density at radius 2 is 1.18 bits per heavy atom. The predicted octanol–water partition coefficient (Wildman–Crippen LogP) is 5.94. The average Bonchev–Trinajstić information content (AvgIpc) is 2.46. The molecular formula is C19H40O3. The van der Waals surface area contributed by atoms with E-state index in [1.54, 1.807) is 0 Å². The molecule has 1 atom stereocenters. The van der Waals surface area contributed by atoms with Crippen molar-refractivity contribution in [2.75, 3.05) is 0 Å². The molecule has 0 aliphatic carbocycles. The first-order valence-corrected chi connectivity index (χ1v) is 9.06. The molecule has 0 aromatic carbocycles. The summed E-state index contributed by atoms with van der Waals surface area (Å²) in [6.45, 7) is 2.26. The van der Waals surface area contributed by atoms with Gasteiger partial charge in [-0.15, -0.1) is 0 Å². The molecule has 3 heteroatoms. The molecule has 0 radical (unpaired) electrons. The van der Waals surface area contributed by atoms with Crippen LogP contribution in [0.15, 0.2) is 0 Å². The SMILES string of the molecule is C.CCCCCCCCCCCCCCC(O)CCC(=O)O. The third kappa shape index (κ3) is 19.4. The fourth-order valence-corrected chi connectivity index (χ4v) is 2.66. The van der Waals surface area contributed by atoms with Crippen LogP contribution in [0.4, 0.5) is 0 Å². The number of aliphatic hydroxyl groups excluding tert-OH is 1. The molecule has 1 unspecified atom stereocenters. The number of hydrogen-bond donors (Lipinski definition) is 2. The number of rotatable bonds is 16. The van der Waals surface area contributed by atoms with Crippen LogP contribution in [0.1, 0.15) is 111 Å². The second kappa shape index (κ2) is 18.5. The van der Waals surface area contributed by atoms with Gasteiger partial charge in [0.05, 0.1) is 6.10 Å². The molecule has 0 aromatic heterocycles. The Hall–Kier alpha value is -0.570. The van der Waals surface area contributed by atoms with Gasteiger partial charge in [0.25, 0.3) is 0 Å². The summed E-state index contributed by atoms with van der Waals surface area (Å²) in [5.74, 6) is -0.816. The van der Waals surface area contributed by atoms with Gasteiger partial charge in [-0.2, -0.15) is 0 Å². The molecule has 0 saturated carbocycles. The quantitative estimate of drug-likeness (QED) is 0.346. The number of aliphatic hydroxyl groups is 1. The molecule has 0 aliphatic rings. The summed E-state index contributed by atoms with van der Waals surface area (Å²) >= 11 is 0. The standard InChI is InChI=1S/C18H36O3.CH4/c1-2-3-4-5-6-7-8-9-10-11-12-13-14-17(19)15-16-18(20)21;/h17,19H,2-16H2,1H3,(H,20,21);1H4. The van der Waals surface area contributed by atoms with Crippen molar-refractivity contribution in [3.8, 4) is 0 Å². The predicted molar refractivity (Wildman–Crippen MR) is 95.3 cm³/mol. The zero-order chi connectivity index (χ0) is 15.8. The highest BCUT2D eigenvalue weighted by Gasteiger charge is 2.06. The molecule has 2 N–H and O–H groups in total. The highest BCUT2D eigenvalue weighted by atomic mass is 16.4. The number of hydrogen-bond acceptors (Lipinski definition) is 2. The molecule has 134 valence electrons. The Bertz CT molecular complexity index is 229. The van der Waals surface area contributed by atoms with Crippen molar-refractivity contribution in [1.82, 2.24) is 0 Å². The summed E-state index contributed by atoms with van der Waals surface area (Å²) in [7, 11) is 0. The van der Waals surface area contributed by atoms with E-state index in [1.165, 1.54) is 70.6 Å². The number of carbonyl (C=O) groups is 1. The van der Waals surface area contributed by atoms with Crippen LogP contribution in [0.2, 0.25) is 0 Å². The molecule has 0 fully saturated rings. The molecule has 0 bridgehead atoms. The Morgan fingerprint density at radius 3 is 1.59 bits per heavy atom. The van der Waals surface area contributed by atoms with Gasteiger partial charge in [0.2, 0.25) is 0 Å². The largest absolute Gasteiger partial charge is 0.481 e. The molecule has 3 nitrogen and oxygen atoms in total. The van der Waals surface area contributed by atoms with E-state index in [9.17, 15) is 9.90 Å². The van der Waals surface area contributed by atoms with E-state index >= 15 is 0 Å². The van der Waals surface area contributed by atoms with E-state index in [0.717, 1.165) is 12.8 Å². The van der Waals surface area contributed by atoms with Gasteiger partial charge in [-0.1, -0.05) is 91.4 Å². The molecule has 0 aliphatic heterocycles. The maximum Gasteiger partial charge on any atom is 0.303 e. The molecule has 0 saturated heterocycles. The monoisotopic (exact) mass is 316 g/mol. The highest BCUT2D eigenvalue weighted by molar-refractivity contribution is 5.66. The third-order valence-electron chi connectivity index (χ3n) is 4.08. The van der Waals surface area contributed by atoms with Gasteiger partial charge in [0, 0.05) is 6.42 Å². The van der Waals surface area contributed by atoms with Crippen LogP contribution >= 0.6 is 0 Å². The second-order valence-corrected chi connectivity index (χ2v) is 6.26. The van der Waals surface area contributed by atoms with Crippen molar-refractivity contribution in [1.29, 1.82) is 0 Å². The van der Waals surface area contributed by atoms with E-state index in [4.69, 9.17) is 5.11 Å². The zero-order valence-electron chi connectivity index (χ0n) is 14.0. The van der Waals surface area contributed by atoms with Crippen molar-refractivity contribution in [3.05, 3.63) is 0 Å². The molecule has 0 rings (SSSR count). The van der Waals surface area contributed by atoms with Gasteiger partial charge in [-0.05, 0) is 12.8 Å². The maximum absolute atomic E-state index is 10.4. The first-order valence-electron chi connectivity index (χ1n) is 9.06. The minimum atomic E-state index is -0.816. The lowest BCUT2D eigenvalue weighted by molar-refractivity contribution is -0.137. The molecule has 0 heterocycles. The molecule has 0 spiro atoms. The van der Waals surface area contributed by atoms with Crippen LogP contribution in [0.5, 0.6) is 0 Å². The smallest absolute Gasteiger partial charge is 0.303 e. The molecule has 0 amide bonds. The first kappa shape index (κ1) is 23.7. The molecular weight excluding hydrogens is 276 g/mol. The maximum atomic E-state index is 10.4. The number of unbranched alkanes of at least 4 members (excludes halogenated alkanes) is 11. The summed E-state index contributed by atoms with van der Waals surface area (Å²) in [6.07, 6.45) is 16.6. The minimum Gasteiger partial charge on any atom is -0.481 e. The van der Waals surface area contributed by atoms with E-state index < -0.39 is 12.1 Å². The number of carboxylic acid groups (broad SMARTS) is 1. The number of aliphatic carboxylic acids is 1. The van der Waals surface area contributed by atoms with Gasteiger partial charge < -0.3 is 10.2 Å². The fourth-order valence-electron chi connectivity index (χ4n) is 2.66. The summed E-state index contributed by atoms with van der Waals surface area (Å²) in [5.41, 5.74) is 0. The van der Waals surface area contributed by atoms with Crippen LogP contribution < -0.4 is 0 Å². The van der Waals surface area contributed by atoms with Crippen LogP contribution in [-0.2, 0) is 4.79 Å². The summed E-state index contributed by atoms with van der Waals surface area (Å²) < 4.78 is 0. The van der Waals surface area contributed by atoms with Gasteiger partial charge in [-0.3, -0.25) is 4.79 Å². The van der Waals surface area contributed by atoms with Crippen molar-refractivity contribution in [2.24, 2.45) is 0 Å². The fraction of sp³-hybridized carbons (Fsp3) is 0.947. The Balaban J connectivity index is 0. The van der Waals surface area contributed by atoms with E-state index in [2.05, 4.69) is 6.92 Å². The van der Waals surface area contributed by atoms with Crippen LogP contribution in [0.25, 0.3) is 0 Å². The van der Waals surface area contributed by atoms with Gasteiger partial charge in [-0.25, -0.2) is 0 Å². The Kier molecular flexibility index (Phi) is 19.9. The van der Waals surface area contributed by atoms with Crippen molar-refractivity contribution in [3.63, 3.8) is 0 Å². The number of carboxylic acids is 1. The summed E-state index contributed by atoms with van der Waals surface area (Å²) in [4.78, 5) is 10.4. The van der Waals surface area contributed by atoms with Crippen molar-refractivity contribution in [2.45, 2.75) is 117 Å². The van der Waals surface area contributed by atoms with E-state index in [1.807, 2.05) is 0 Å². The molecule has 0 aromatic rings. The Morgan fingerprint density at radius 1 is 0.773 bits per heavy atom. The van der Waals surface area contributed by atoms with Crippen molar-refractivity contribution < 1.29 is 15.0 Å². The van der Waals surface area contributed by atoms with Crippen LogP contribution in [-0.4, -0.2) is 22.3 Å². The zero-order valence-corrected chi connectivity index (χ0v) is 14.0. The highest BCUT2D eigenvalue weighted by Crippen LogP contribution is 2.13. The van der Waals surface area contributed by atoms with Gasteiger partial charge in [0.1, 0.15) is 0 Å². The molecule has 22 heavy (non-hydrogen) atoms. The normalized spacial score (nSPS) is 11.9. The van der Waals surface area contributed by atoms with Crippen LogP contribution in [0, 0.1) is 0 Å². The summed E-state index contributed by atoms with van der Waals surface area (Å²) in [5, 5.41) is 18.1. The lowest BCUT2D eigenvalue weighted by Crippen LogP contribution is -2.09. The summed E-state index contributed by atoms with van der Waals surface area (Å²) in [6, 6.07) is 0. The van der Waals surface area contributed by atoms with Gasteiger partial charge in [0.15, 0.2) is 0 Å².